The molecule has 2 bridgehead atoms. The molecule has 2 aliphatic rings. The van der Waals surface area contributed by atoms with Gasteiger partial charge in [0.25, 0.3) is 0 Å². The lowest BCUT2D eigenvalue weighted by Crippen LogP contribution is -2.35. The molecule has 2 aliphatic heterocycles. The lowest BCUT2D eigenvalue weighted by atomic mass is 9.33. The SMILES string of the molecule is CC1(S)CCCCC2(C)[B]C(C)(CCC2)CC1. The summed E-state index contributed by atoms with van der Waals surface area (Å²) in [5.74, 6) is 0. The summed E-state index contributed by atoms with van der Waals surface area (Å²) in [5, 5.41) is 1.01. The standard InChI is InChI=1S/C15H28BS/c1-13-7-4-5-10-15(3,17)12-11-14(2,16-13)9-6-8-13/h17H,4-12H2,1-3H3. The quantitative estimate of drug-likeness (QED) is 0.439. The van der Waals surface area contributed by atoms with Crippen LogP contribution in [0.1, 0.15) is 78.6 Å². The average Bonchev–Trinajstić information content (AvgIpc) is 2.21. The van der Waals surface area contributed by atoms with Crippen LogP contribution in [-0.4, -0.2) is 12.0 Å². The van der Waals surface area contributed by atoms with Crippen LogP contribution in [0.5, 0.6) is 0 Å². The first-order valence-electron chi connectivity index (χ1n) is 7.42. The van der Waals surface area contributed by atoms with Gasteiger partial charge >= 0.3 is 0 Å². The molecule has 97 valence electrons. The van der Waals surface area contributed by atoms with Gasteiger partial charge in [0.05, 0.1) is 0 Å². The highest BCUT2D eigenvalue weighted by molar-refractivity contribution is 7.81. The fourth-order valence-corrected chi connectivity index (χ4v) is 4.26. The van der Waals surface area contributed by atoms with E-state index >= 15 is 0 Å². The Balaban J connectivity index is 2.10. The number of fused-ring (bicyclic) bond motifs is 2. The summed E-state index contributed by atoms with van der Waals surface area (Å²) < 4.78 is 0.266. The van der Waals surface area contributed by atoms with Gasteiger partial charge < -0.3 is 0 Å². The second-order valence-corrected chi connectivity index (χ2v) is 8.59. The van der Waals surface area contributed by atoms with Gasteiger partial charge in [0.15, 0.2) is 0 Å². The molecule has 2 saturated heterocycles. The second kappa shape index (κ2) is 4.83. The molecule has 0 aromatic rings. The van der Waals surface area contributed by atoms with Gasteiger partial charge in [0.1, 0.15) is 7.28 Å². The van der Waals surface area contributed by atoms with E-state index in [4.69, 9.17) is 12.6 Å². The first-order valence-corrected chi connectivity index (χ1v) is 7.87. The highest BCUT2D eigenvalue weighted by atomic mass is 32.1. The zero-order valence-corrected chi connectivity index (χ0v) is 12.8. The van der Waals surface area contributed by atoms with Gasteiger partial charge in [-0.2, -0.15) is 12.6 Å². The molecule has 0 spiro atoms. The normalized spacial score (nSPS) is 48.2. The van der Waals surface area contributed by atoms with Crippen molar-refractivity contribution in [3.8, 4) is 0 Å². The van der Waals surface area contributed by atoms with Crippen molar-refractivity contribution in [2.75, 3.05) is 0 Å². The molecule has 2 heterocycles. The van der Waals surface area contributed by atoms with Crippen molar-refractivity contribution in [2.45, 2.75) is 93.9 Å². The van der Waals surface area contributed by atoms with E-state index in [1.807, 2.05) is 0 Å². The Morgan fingerprint density at radius 1 is 0.706 bits per heavy atom. The van der Waals surface area contributed by atoms with E-state index < -0.39 is 0 Å². The van der Waals surface area contributed by atoms with E-state index in [2.05, 4.69) is 28.1 Å². The first kappa shape index (κ1) is 13.8. The van der Waals surface area contributed by atoms with E-state index in [1.54, 1.807) is 0 Å². The molecule has 0 saturated carbocycles. The van der Waals surface area contributed by atoms with Gasteiger partial charge in [0, 0.05) is 4.75 Å². The third kappa shape index (κ3) is 3.69. The summed E-state index contributed by atoms with van der Waals surface area (Å²) >= 11 is 4.88. The van der Waals surface area contributed by atoms with Crippen molar-refractivity contribution >= 4 is 19.9 Å². The summed E-state index contributed by atoms with van der Waals surface area (Å²) in [4.78, 5) is 0. The minimum atomic E-state index is 0.266. The summed E-state index contributed by atoms with van der Waals surface area (Å²) in [7, 11) is 2.72. The molecular formula is C15H28BS. The molecule has 2 fully saturated rings. The molecule has 1 radical (unpaired) electrons. The van der Waals surface area contributed by atoms with Gasteiger partial charge in [0.2, 0.25) is 0 Å². The number of hydrogen-bond acceptors (Lipinski definition) is 1. The Hall–Kier alpha value is 0.415. The molecule has 0 aromatic heterocycles. The van der Waals surface area contributed by atoms with Gasteiger partial charge in [-0.3, -0.25) is 0 Å². The molecular weight excluding hydrogens is 223 g/mol. The molecule has 3 unspecified atom stereocenters. The maximum absolute atomic E-state index is 4.88. The van der Waals surface area contributed by atoms with Crippen molar-refractivity contribution < 1.29 is 0 Å². The summed E-state index contributed by atoms with van der Waals surface area (Å²) in [6.07, 6.45) is 12.3. The lowest BCUT2D eigenvalue weighted by molar-refractivity contribution is 0.330. The van der Waals surface area contributed by atoms with Crippen LogP contribution in [0.3, 0.4) is 0 Å². The maximum Gasteiger partial charge on any atom is 0.125 e. The van der Waals surface area contributed by atoms with Crippen LogP contribution in [0.25, 0.3) is 0 Å². The van der Waals surface area contributed by atoms with Crippen molar-refractivity contribution in [1.82, 2.24) is 0 Å². The van der Waals surface area contributed by atoms with Gasteiger partial charge in [-0.15, -0.1) is 0 Å². The van der Waals surface area contributed by atoms with Gasteiger partial charge in [-0.25, -0.2) is 0 Å². The number of rotatable bonds is 0. The summed E-state index contributed by atoms with van der Waals surface area (Å²) in [6.45, 7) is 7.31. The Morgan fingerprint density at radius 2 is 1.24 bits per heavy atom. The zero-order valence-electron chi connectivity index (χ0n) is 11.9. The molecule has 0 aromatic carbocycles. The third-order valence-electron chi connectivity index (χ3n) is 5.14. The van der Waals surface area contributed by atoms with E-state index in [0.717, 1.165) is 0 Å². The minimum absolute atomic E-state index is 0.266. The molecule has 0 aliphatic carbocycles. The number of thiol groups is 1. The predicted molar refractivity (Wildman–Crippen MR) is 81.4 cm³/mol. The van der Waals surface area contributed by atoms with Crippen LogP contribution in [0.4, 0.5) is 0 Å². The van der Waals surface area contributed by atoms with Crippen molar-refractivity contribution in [3.05, 3.63) is 0 Å². The Morgan fingerprint density at radius 3 is 1.94 bits per heavy atom. The Labute approximate surface area is 114 Å². The van der Waals surface area contributed by atoms with E-state index in [9.17, 15) is 0 Å². The van der Waals surface area contributed by atoms with Crippen molar-refractivity contribution in [1.29, 1.82) is 0 Å². The van der Waals surface area contributed by atoms with Crippen LogP contribution in [0.15, 0.2) is 0 Å². The highest BCUT2D eigenvalue weighted by Gasteiger charge is 2.41. The number of hydrogen-bond donors (Lipinski definition) is 1. The van der Waals surface area contributed by atoms with Crippen molar-refractivity contribution in [2.24, 2.45) is 0 Å². The van der Waals surface area contributed by atoms with Gasteiger partial charge in [-0.05, 0) is 12.8 Å². The van der Waals surface area contributed by atoms with Crippen molar-refractivity contribution in [3.63, 3.8) is 0 Å². The fourth-order valence-electron chi connectivity index (χ4n) is 3.99. The minimum Gasteiger partial charge on any atom is -0.173 e. The van der Waals surface area contributed by atoms with Crippen LogP contribution < -0.4 is 0 Å². The molecule has 2 heteroatoms. The van der Waals surface area contributed by atoms with Crippen LogP contribution in [0.2, 0.25) is 10.6 Å². The predicted octanol–water partition coefficient (Wildman–Crippen LogP) is 5.27. The van der Waals surface area contributed by atoms with E-state index in [1.165, 1.54) is 57.8 Å². The van der Waals surface area contributed by atoms with Gasteiger partial charge in [-0.1, -0.05) is 76.3 Å². The van der Waals surface area contributed by atoms with Crippen LogP contribution in [-0.2, 0) is 0 Å². The van der Waals surface area contributed by atoms with E-state index in [0.29, 0.717) is 10.6 Å². The molecule has 0 nitrogen and oxygen atoms in total. The lowest BCUT2D eigenvalue weighted by Gasteiger charge is -2.46. The molecule has 3 atom stereocenters. The highest BCUT2D eigenvalue weighted by Crippen LogP contribution is 2.55. The topological polar surface area (TPSA) is 0 Å². The molecule has 17 heavy (non-hydrogen) atoms. The smallest absolute Gasteiger partial charge is 0.125 e. The largest absolute Gasteiger partial charge is 0.173 e. The second-order valence-electron chi connectivity index (χ2n) is 7.51. The Bertz CT molecular complexity index is 276. The molecule has 0 N–H and O–H groups in total. The molecule has 2 rings (SSSR count). The Kier molecular flexibility index (Phi) is 3.93. The van der Waals surface area contributed by atoms with E-state index in [-0.39, 0.29) is 4.75 Å². The average molecular weight is 251 g/mol. The van der Waals surface area contributed by atoms with Crippen LogP contribution in [0, 0.1) is 0 Å². The molecule has 0 amide bonds. The van der Waals surface area contributed by atoms with Crippen LogP contribution >= 0.6 is 12.6 Å². The first-order chi connectivity index (χ1) is 7.83. The fraction of sp³-hybridized carbons (Fsp3) is 1.00. The third-order valence-corrected chi connectivity index (χ3v) is 5.59. The monoisotopic (exact) mass is 251 g/mol. The summed E-state index contributed by atoms with van der Waals surface area (Å²) in [5.41, 5.74) is 0. The zero-order chi connectivity index (χ0) is 12.6. The maximum atomic E-state index is 4.88. The summed E-state index contributed by atoms with van der Waals surface area (Å²) in [6, 6.07) is 0.